The van der Waals surface area contributed by atoms with E-state index >= 15 is 0 Å². The van der Waals surface area contributed by atoms with Crippen molar-refractivity contribution in [1.82, 2.24) is 0 Å². The molecule has 0 saturated heterocycles. The van der Waals surface area contributed by atoms with Crippen molar-refractivity contribution < 1.29 is 14.6 Å². The number of ether oxygens (including phenoxy) is 1. The zero-order valence-electron chi connectivity index (χ0n) is 8.68. The Morgan fingerprint density at radius 1 is 1.56 bits per heavy atom. The number of halogens is 1. The van der Waals surface area contributed by atoms with Crippen LogP contribution in [0.2, 0.25) is 5.02 Å². The number of rotatable bonds is 3. The number of nitrogens with two attached hydrogens (primary N) is 2. The van der Waals surface area contributed by atoms with Crippen molar-refractivity contribution in [2.45, 2.75) is 19.1 Å². The summed E-state index contributed by atoms with van der Waals surface area (Å²) in [5.74, 6) is 0. The first kappa shape index (κ1) is 12.6. The van der Waals surface area contributed by atoms with Gasteiger partial charge in [0.15, 0.2) is 6.10 Å². The van der Waals surface area contributed by atoms with Crippen molar-refractivity contribution in [3.8, 4) is 0 Å². The van der Waals surface area contributed by atoms with Crippen molar-refractivity contribution >= 4 is 23.4 Å². The predicted molar refractivity (Wildman–Crippen MR) is 61.0 cm³/mol. The number of hydrogen-bond donors (Lipinski definition) is 3. The van der Waals surface area contributed by atoms with E-state index in [0.717, 1.165) is 0 Å². The summed E-state index contributed by atoms with van der Waals surface area (Å²) in [6, 6.07) is 4.87. The summed E-state index contributed by atoms with van der Waals surface area (Å²) < 4.78 is 4.78. The summed E-state index contributed by atoms with van der Waals surface area (Å²) in [6.45, 7) is 1.47. The standard InChI is InChI=1S/C10H13ClN2O3/c1-5(14)9(16-10(13)15)6-3-2-4-7(12)8(6)11/h2-5,9,14H,12H2,1H3,(H2,13,15). The molecular weight excluding hydrogens is 232 g/mol. The van der Waals surface area contributed by atoms with Gasteiger partial charge in [-0.25, -0.2) is 4.79 Å². The van der Waals surface area contributed by atoms with E-state index in [1.54, 1.807) is 18.2 Å². The second-order valence-corrected chi connectivity index (χ2v) is 3.73. The van der Waals surface area contributed by atoms with E-state index < -0.39 is 18.3 Å². The highest BCUT2D eigenvalue weighted by Crippen LogP contribution is 2.32. The van der Waals surface area contributed by atoms with Crippen molar-refractivity contribution in [2.75, 3.05) is 5.73 Å². The monoisotopic (exact) mass is 244 g/mol. The number of nitrogen functional groups attached to an aromatic ring is 1. The average molecular weight is 245 g/mol. The van der Waals surface area contributed by atoms with E-state index in [2.05, 4.69) is 0 Å². The van der Waals surface area contributed by atoms with Crippen LogP contribution in [0.15, 0.2) is 18.2 Å². The van der Waals surface area contributed by atoms with Gasteiger partial charge in [-0.2, -0.15) is 0 Å². The first-order chi connectivity index (χ1) is 7.43. The molecule has 0 aliphatic carbocycles. The Morgan fingerprint density at radius 3 is 2.69 bits per heavy atom. The number of aliphatic hydroxyl groups is 1. The molecule has 5 N–H and O–H groups in total. The molecule has 0 spiro atoms. The summed E-state index contributed by atoms with van der Waals surface area (Å²) in [7, 11) is 0. The Balaban J connectivity index is 3.10. The third kappa shape index (κ3) is 2.77. The van der Waals surface area contributed by atoms with Crippen molar-refractivity contribution in [3.63, 3.8) is 0 Å². The van der Waals surface area contributed by atoms with Crippen LogP contribution in [0.3, 0.4) is 0 Å². The lowest BCUT2D eigenvalue weighted by molar-refractivity contribution is 0.0148. The number of anilines is 1. The molecule has 0 radical (unpaired) electrons. The highest BCUT2D eigenvalue weighted by Gasteiger charge is 2.24. The highest BCUT2D eigenvalue weighted by molar-refractivity contribution is 6.33. The van der Waals surface area contributed by atoms with Crippen molar-refractivity contribution in [3.05, 3.63) is 28.8 Å². The van der Waals surface area contributed by atoms with E-state index in [-0.39, 0.29) is 5.02 Å². The van der Waals surface area contributed by atoms with Gasteiger partial charge in [0.25, 0.3) is 0 Å². The number of carbonyl (C=O) groups excluding carboxylic acids is 1. The molecule has 16 heavy (non-hydrogen) atoms. The fourth-order valence-corrected chi connectivity index (χ4v) is 1.57. The van der Waals surface area contributed by atoms with Crippen LogP contribution >= 0.6 is 11.6 Å². The lowest BCUT2D eigenvalue weighted by Crippen LogP contribution is -2.25. The Labute approximate surface area is 97.9 Å². The van der Waals surface area contributed by atoms with Crippen LogP contribution in [-0.4, -0.2) is 17.3 Å². The third-order valence-corrected chi connectivity index (χ3v) is 2.48. The van der Waals surface area contributed by atoms with Crippen LogP contribution < -0.4 is 11.5 Å². The fourth-order valence-electron chi connectivity index (χ4n) is 1.34. The molecule has 0 aliphatic heterocycles. The van der Waals surface area contributed by atoms with Gasteiger partial charge in [-0.1, -0.05) is 23.7 Å². The Kier molecular flexibility index (Phi) is 3.98. The van der Waals surface area contributed by atoms with E-state index in [1.165, 1.54) is 6.92 Å². The number of amides is 1. The normalized spacial score (nSPS) is 14.2. The molecule has 1 aromatic rings. The number of carbonyl (C=O) groups is 1. The molecular formula is C10H13ClN2O3. The van der Waals surface area contributed by atoms with Crippen LogP contribution in [0.25, 0.3) is 0 Å². The summed E-state index contributed by atoms with van der Waals surface area (Å²) in [6.07, 6.45) is -2.84. The molecule has 88 valence electrons. The van der Waals surface area contributed by atoms with Gasteiger partial charge in [0.05, 0.1) is 16.8 Å². The Hall–Kier alpha value is -1.46. The minimum atomic E-state index is -0.982. The number of aliphatic hydroxyl groups excluding tert-OH is 1. The molecule has 0 saturated carbocycles. The lowest BCUT2D eigenvalue weighted by atomic mass is 10.0. The SMILES string of the molecule is CC(O)C(OC(N)=O)c1cccc(N)c1Cl. The van der Waals surface area contributed by atoms with Gasteiger partial charge < -0.3 is 21.3 Å². The van der Waals surface area contributed by atoms with Gasteiger partial charge in [-0.15, -0.1) is 0 Å². The summed E-state index contributed by atoms with van der Waals surface area (Å²) >= 11 is 5.95. The molecule has 2 atom stereocenters. The van der Waals surface area contributed by atoms with Gasteiger partial charge >= 0.3 is 6.09 Å². The minimum absolute atomic E-state index is 0.245. The first-order valence-corrected chi connectivity index (χ1v) is 4.99. The van der Waals surface area contributed by atoms with Gasteiger partial charge in [0.1, 0.15) is 0 Å². The summed E-state index contributed by atoms with van der Waals surface area (Å²) in [5, 5.41) is 9.74. The van der Waals surface area contributed by atoms with Crippen molar-refractivity contribution in [2.24, 2.45) is 5.73 Å². The molecule has 0 bridgehead atoms. The molecule has 5 nitrogen and oxygen atoms in total. The molecule has 1 amide bonds. The van der Waals surface area contributed by atoms with Gasteiger partial charge in [-0.05, 0) is 13.0 Å². The zero-order chi connectivity index (χ0) is 12.3. The summed E-state index contributed by atoms with van der Waals surface area (Å²) in [5.41, 5.74) is 11.3. The van der Waals surface area contributed by atoms with Crippen LogP contribution in [0, 0.1) is 0 Å². The lowest BCUT2D eigenvalue weighted by Gasteiger charge is -2.21. The quantitative estimate of drug-likeness (QED) is 0.701. The molecule has 0 fully saturated rings. The smallest absolute Gasteiger partial charge is 0.405 e. The highest BCUT2D eigenvalue weighted by atomic mass is 35.5. The molecule has 0 aromatic heterocycles. The van der Waals surface area contributed by atoms with Gasteiger partial charge in [0, 0.05) is 5.56 Å². The number of primary amides is 1. The molecule has 1 aromatic carbocycles. The first-order valence-electron chi connectivity index (χ1n) is 4.61. The number of hydrogen-bond acceptors (Lipinski definition) is 4. The minimum Gasteiger partial charge on any atom is -0.439 e. The average Bonchev–Trinajstić information content (AvgIpc) is 2.18. The van der Waals surface area contributed by atoms with Crippen LogP contribution in [-0.2, 0) is 4.74 Å². The molecule has 6 heteroatoms. The Bertz CT molecular complexity index is 396. The van der Waals surface area contributed by atoms with E-state index in [4.69, 9.17) is 27.8 Å². The topological polar surface area (TPSA) is 98.6 Å². The maximum absolute atomic E-state index is 10.7. The summed E-state index contributed by atoms with van der Waals surface area (Å²) in [4.78, 5) is 10.7. The Morgan fingerprint density at radius 2 is 2.19 bits per heavy atom. The fraction of sp³-hybridized carbons (Fsp3) is 0.300. The second-order valence-electron chi connectivity index (χ2n) is 3.35. The maximum atomic E-state index is 10.7. The molecule has 1 rings (SSSR count). The van der Waals surface area contributed by atoms with E-state index in [0.29, 0.717) is 11.3 Å². The van der Waals surface area contributed by atoms with Crippen molar-refractivity contribution in [1.29, 1.82) is 0 Å². The number of benzene rings is 1. The molecule has 0 aliphatic rings. The molecule has 2 unspecified atom stereocenters. The van der Waals surface area contributed by atoms with Gasteiger partial charge in [-0.3, -0.25) is 0 Å². The molecule has 0 heterocycles. The van der Waals surface area contributed by atoms with Gasteiger partial charge in [0.2, 0.25) is 0 Å². The maximum Gasteiger partial charge on any atom is 0.405 e. The van der Waals surface area contributed by atoms with E-state index in [9.17, 15) is 9.90 Å². The van der Waals surface area contributed by atoms with E-state index in [1.807, 2.05) is 0 Å². The zero-order valence-corrected chi connectivity index (χ0v) is 9.44. The largest absolute Gasteiger partial charge is 0.439 e. The third-order valence-electron chi connectivity index (χ3n) is 2.05. The van der Waals surface area contributed by atoms with Crippen LogP contribution in [0.5, 0.6) is 0 Å². The second kappa shape index (κ2) is 5.05. The van der Waals surface area contributed by atoms with Crippen LogP contribution in [0.1, 0.15) is 18.6 Å². The predicted octanol–water partition coefficient (Wildman–Crippen LogP) is 1.44. The van der Waals surface area contributed by atoms with Crippen LogP contribution in [0.4, 0.5) is 10.5 Å².